The molecule has 0 spiro atoms. The SMILES string of the molecule is C=C(C=CC=C1N(CC)c2ccc(S(=O)(=O)O)cc2C1(C)C)C(C)(C)c1cc(S(=O)(=O)O)ccc1C. The molecule has 194 valence electrons. The summed E-state index contributed by atoms with van der Waals surface area (Å²) >= 11 is 0. The maximum atomic E-state index is 11.7. The van der Waals surface area contributed by atoms with Gasteiger partial charge >= 0.3 is 0 Å². The van der Waals surface area contributed by atoms with Crippen molar-refractivity contribution in [3.05, 3.63) is 89.2 Å². The summed E-state index contributed by atoms with van der Waals surface area (Å²) < 4.78 is 65.7. The zero-order valence-corrected chi connectivity index (χ0v) is 23.0. The van der Waals surface area contributed by atoms with E-state index in [4.69, 9.17) is 0 Å². The van der Waals surface area contributed by atoms with Gasteiger partial charge in [-0.25, -0.2) is 0 Å². The molecular formula is C27H33NO6S2. The van der Waals surface area contributed by atoms with E-state index in [1.165, 1.54) is 24.3 Å². The lowest BCUT2D eigenvalue weighted by molar-refractivity contribution is 0.480. The molecule has 3 rings (SSSR count). The minimum Gasteiger partial charge on any atom is -0.344 e. The van der Waals surface area contributed by atoms with Gasteiger partial charge in [0.2, 0.25) is 0 Å². The molecule has 0 aromatic heterocycles. The molecule has 1 heterocycles. The van der Waals surface area contributed by atoms with Crippen molar-refractivity contribution in [2.45, 2.75) is 62.2 Å². The molecule has 2 aromatic carbocycles. The number of fused-ring (bicyclic) bond motifs is 1. The van der Waals surface area contributed by atoms with Crippen LogP contribution in [0.1, 0.15) is 51.3 Å². The summed E-state index contributed by atoms with van der Waals surface area (Å²) in [6.07, 6.45) is 5.70. The standard InChI is InChI=1S/C27H33NO6S2/c1-8-28-24-15-14-21(36(32,33)34)17-23(24)27(6,7)25(28)11-9-10-19(3)26(4,5)22-16-20(35(29,30)31)13-12-18(22)2/h9-17H,3,8H2,1-2,4-7H3,(H,29,30,31)(H,32,33,34). The van der Waals surface area contributed by atoms with Gasteiger partial charge in [0.15, 0.2) is 0 Å². The molecule has 0 amide bonds. The van der Waals surface area contributed by atoms with Gasteiger partial charge in [-0.3, -0.25) is 9.11 Å². The summed E-state index contributed by atoms with van der Waals surface area (Å²) in [5, 5.41) is 0. The van der Waals surface area contributed by atoms with Gasteiger partial charge in [0, 0.05) is 28.8 Å². The molecule has 0 fully saturated rings. The summed E-state index contributed by atoms with van der Waals surface area (Å²) in [4.78, 5) is 1.80. The Morgan fingerprint density at radius 1 is 1.03 bits per heavy atom. The second kappa shape index (κ2) is 9.30. The van der Waals surface area contributed by atoms with E-state index in [1.807, 2.05) is 59.8 Å². The molecular weight excluding hydrogens is 498 g/mol. The van der Waals surface area contributed by atoms with Crippen molar-refractivity contribution in [1.29, 1.82) is 0 Å². The maximum Gasteiger partial charge on any atom is 0.294 e. The van der Waals surface area contributed by atoms with Crippen molar-refractivity contribution >= 4 is 25.9 Å². The van der Waals surface area contributed by atoms with Gasteiger partial charge in [0.25, 0.3) is 20.2 Å². The van der Waals surface area contributed by atoms with Crippen LogP contribution in [-0.2, 0) is 31.1 Å². The van der Waals surface area contributed by atoms with Crippen molar-refractivity contribution in [2.75, 3.05) is 11.4 Å². The Hall–Kier alpha value is -2.72. The minimum absolute atomic E-state index is 0.139. The normalized spacial score (nSPS) is 17.1. The van der Waals surface area contributed by atoms with Gasteiger partial charge in [-0.2, -0.15) is 16.8 Å². The average molecular weight is 532 g/mol. The number of nitrogens with zero attached hydrogens (tertiary/aromatic N) is 1. The molecule has 2 aromatic rings. The van der Waals surface area contributed by atoms with E-state index in [-0.39, 0.29) is 9.79 Å². The first-order chi connectivity index (χ1) is 16.4. The maximum absolute atomic E-state index is 11.7. The molecule has 0 aliphatic carbocycles. The predicted octanol–water partition coefficient (Wildman–Crippen LogP) is 5.58. The van der Waals surface area contributed by atoms with Crippen LogP contribution in [0.4, 0.5) is 5.69 Å². The highest BCUT2D eigenvalue weighted by molar-refractivity contribution is 7.86. The van der Waals surface area contributed by atoms with E-state index < -0.39 is 31.1 Å². The van der Waals surface area contributed by atoms with Crippen molar-refractivity contribution < 1.29 is 25.9 Å². The fourth-order valence-corrected chi connectivity index (χ4v) is 5.74. The molecule has 1 aliphatic heterocycles. The van der Waals surface area contributed by atoms with E-state index >= 15 is 0 Å². The van der Waals surface area contributed by atoms with Gasteiger partial charge in [0.1, 0.15) is 0 Å². The zero-order valence-electron chi connectivity index (χ0n) is 21.4. The average Bonchev–Trinajstić information content (AvgIpc) is 2.98. The van der Waals surface area contributed by atoms with E-state index in [1.54, 1.807) is 12.1 Å². The molecule has 0 unspecified atom stereocenters. The van der Waals surface area contributed by atoms with E-state index in [9.17, 15) is 25.9 Å². The molecule has 1 aliphatic rings. The lowest BCUT2D eigenvalue weighted by Crippen LogP contribution is -2.25. The highest BCUT2D eigenvalue weighted by Crippen LogP contribution is 2.48. The highest BCUT2D eigenvalue weighted by Gasteiger charge is 2.40. The molecule has 0 saturated heterocycles. The van der Waals surface area contributed by atoms with Crippen molar-refractivity contribution in [2.24, 2.45) is 0 Å². The Morgan fingerprint density at radius 3 is 2.14 bits per heavy atom. The van der Waals surface area contributed by atoms with Crippen LogP contribution >= 0.6 is 0 Å². The molecule has 36 heavy (non-hydrogen) atoms. The Morgan fingerprint density at radius 2 is 1.58 bits per heavy atom. The third kappa shape index (κ3) is 5.06. The summed E-state index contributed by atoms with van der Waals surface area (Å²) in [7, 11) is -8.65. The second-order valence-electron chi connectivity index (χ2n) is 10.0. The van der Waals surface area contributed by atoms with Crippen LogP contribution in [0.25, 0.3) is 0 Å². The van der Waals surface area contributed by atoms with Crippen LogP contribution in [0.15, 0.2) is 82.3 Å². The lowest BCUT2D eigenvalue weighted by Gasteiger charge is -2.29. The van der Waals surface area contributed by atoms with E-state index in [0.717, 1.165) is 33.6 Å². The zero-order chi connectivity index (χ0) is 27.3. The molecule has 0 atom stereocenters. The number of benzene rings is 2. The quantitative estimate of drug-likeness (QED) is 0.354. The molecule has 0 radical (unpaired) electrons. The van der Waals surface area contributed by atoms with Crippen LogP contribution < -0.4 is 4.90 Å². The van der Waals surface area contributed by atoms with Gasteiger partial charge in [0.05, 0.1) is 9.79 Å². The Balaban J connectivity index is 1.98. The number of anilines is 1. The van der Waals surface area contributed by atoms with E-state index in [0.29, 0.717) is 6.54 Å². The van der Waals surface area contributed by atoms with Gasteiger partial charge < -0.3 is 4.90 Å². The first-order valence-electron chi connectivity index (χ1n) is 11.5. The number of hydrogen-bond acceptors (Lipinski definition) is 5. The number of allylic oxidation sites excluding steroid dienone is 5. The molecule has 2 N–H and O–H groups in total. The first-order valence-corrected chi connectivity index (χ1v) is 14.4. The molecule has 0 saturated carbocycles. The number of hydrogen-bond donors (Lipinski definition) is 2. The molecule has 7 nitrogen and oxygen atoms in total. The number of aryl methyl sites for hydroxylation is 1. The Kier molecular flexibility index (Phi) is 7.20. The van der Waals surface area contributed by atoms with Crippen molar-refractivity contribution in [3.8, 4) is 0 Å². The molecule has 9 heteroatoms. The predicted molar refractivity (Wildman–Crippen MR) is 143 cm³/mol. The Bertz CT molecular complexity index is 1500. The van der Waals surface area contributed by atoms with Crippen LogP contribution in [0.3, 0.4) is 0 Å². The lowest BCUT2D eigenvalue weighted by atomic mass is 9.76. The van der Waals surface area contributed by atoms with Crippen molar-refractivity contribution in [1.82, 2.24) is 0 Å². The fraction of sp³-hybridized carbons (Fsp3) is 0.333. The van der Waals surface area contributed by atoms with E-state index in [2.05, 4.69) is 11.5 Å². The summed E-state index contributed by atoms with van der Waals surface area (Å²) in [6, 6.07) is 9.15. The van der Waals surface area contributed by atoms with Gasteiger partial charge in [-0.15, -0.1) is 0 Å². The Labute approximate surface area is 214 Å². The third-order valence-electron chi connectivity index (χ3n) is 7.01. The first kappa shape index (κ1) is 27.9. The number of rotatable bonds is 7. The van der Waals surface area contributed by atoms with Gasteiger partial charge in [-0.05, 0) is 72.5 Å². The largest absolute Gasteiger partial charge is 0.344 e. The van der Waals surface area contributed by atoms with Crippen LogP contribution in [-0.4, -0.2) is 32.5 Å². The van der Waals surface area contributed by atoms with Crippen LogP contribution in [0, 0.1) is 6.92 Å². The summed E-state index contributed by atoms with van der Waals surface area (Å²) in [5.74, 6) is 0. The third-order valence-corrected chi connectivity index (χ3v) is 8.71. The minimum atomic E-state index is -4.33. The second-order valence-corrected chi connectivity index (χ2v) is 12.9. The summed E-state index contributed by atoms with van der Waals surface area (Å²) in [5.41, 5.74) is 3.85. The van der Waals surface area contributed by atoms with Crippen LogP contribution in [0.2, 0.25) is 0 Å². The number of likely N-dealkylation sites (N-methyl/N-ethyl adjacent to an activating group) is 1. The summed E-state index contributed by atoms with van der Waals surface area (Å²) in [6.45, 7) is 16.6. The van der Waals surface area contributed by atoms with Crippen molar-refractivity contribution in [3.63, 3.8) is 0 Å². The smallest absolute Gasteiger partial charge is 0.294 e. The monoisotopic (exact) mass is 531 g/mol. The van der Waals surface area contributed by atoms with Crippen LogP contribution in [0.5, 0.6) is 0 Å². The topological polar surface area (TPSA) is 112 Å². The highest BCUT2D eigenvalue weighted by atomic mass is 32.2. The fourth-order valence-electron chi connectivity index (χ4n) is 4.73. The molecule has 0 bridgehead atoms. The van der Waals surface area contributed by atoms with Gasteiger partial charge in [-0.1, -0.05) is 52.5 Å².